The minimum atomic E-state index is -0.864. The van der Waals surface area contributed by atoms with Gasteiger partial charge in [0.1, 0.15) is 17.6 Å². The van der Waals surface area contributed by atoms with Crippen molar-refractivity contribution in [3.05, 3.63) is 77.9 Å². The fourth-order valence-electron chi connectivity index (χ4n) is 4.66. The Labute approximate surface area is 239 Å². The molecule has 216 valence electrons. The number of ether oxygens (including phenoxy) is 3. The third-order valence-electron chi connectivity index (χ3n) is 6.97. The first-order chi connectivity index (χ1) is 19.8. The van der Waals surface area contributed by atoms with Crippen molar-refractivity contribution < 1.29 is 23.8 Å². The number of hydrogen-bond donors (Lipinski definition) is 4. The molecule has 0 spiro atoms. The fraction of sp³-hybridized carbons (Fsp3) is 0.300. The summed E-state index contributed by atoms with van der Waals surface area (Å²) in [6, 6.07) is 19.1. The lowest BCUT2D eigenvalue weighted by molar-refractivity contribution is -0.133. The lowest BCUT2D eigenvalue weighted by Crippen LogP contribution is -2.51. The van der Waals surface area contributed by atoms with Crippen molar-refractivity contribution in [1.82, 2.24) is 10.2 Å². The molecular formula is C30H36N6O5. The van der Waals surface area contributed by atoms with Gasteiger partial charge in [0.05, 0.1) is 27.9 Å². The average Bonchev–Trinajstić information content (AvgIpc) is 3.02. The quantitative estimate of drug-likeness (QED) is 0.207. The second-order valence-corrected chi connectivity index (χ2v) is 9.47. The van der Waals surface area contributed by atoms with Crippen LogP contribution in [0.3, 0.4) is 0 Å². The Kier molecular flexibility index (Phi) is 9.51. The van der Waals surface area contributed by atoms with Gasteiger partial charge in [0.2, 0.25) is 11.8 Å². The molecule has 1 aliphatic rings. The zero-order valence-corrected chi connectivity index (χ0v) is 23.5. The van der Waals surface area contributed by atoms with Gasteiger partial charge in [-0.3, -0.25) is 15.0 Å². The number of nitrogens with one attached hydrogen (secondary N) is 3. The van der Waals surface area contributed by atoms with Crippen LogP contribution in [0.4, 0.5) is 11.4 Å². The van der Waals surface area contributed by atoms with Gasteiger partial charge < -0.3 is 40.4 Å². The molecule has 0 aromatic heterocycles. The number of nitrogens with zero attached hydrogens (tertiary/aromatic N) is 2. The number of nitrogens with two attached hydrogens (primary N) is 1. The Morgan fingerprint density at radius 3 is 2.24 bits per heavy atom. The molecule has 0 bridgehead atoms. The van der Waals surface area contributed by atoms with Crippen LogP contribution >= 0.6 is 0 Å². The van der Waals surface area contributed by atoms with E-state index < -0.39 is 11.9 Å². The molecule has 11 heteroatoms. The Morgan fingerprint density at radius 1 is 0.902 bits per heavy atom. The van der Waals surface area contributed by atoms with Gasteiger partial charge >= 0.3 is 0 Å². The van der Waals surface area contributed by atoms with Gasteiger partial charge in [-0.25, -0.2) is 0 Å². The number of rotatable bonds is 11. The van der Waals surface area contributed by atoms with Gasteiger partial charge in [-0.2, -0.15) is 0 Å². The Morgan fingerprint density at radius 2 is 1.61 bits per heavy atom. The Balaban J connectivity index is 1.43. The third kappa shape index (κ3) is 7.18. The lowest BCUT2D eigenvalue weighted by atomic mass is 10.0. The summed E-state index contributed by atoms with van der Waals surface area (Å²) in [4.78, 5) is 30.5. The summed E-state index contributed by atoms with van der Waals surface area (Å²) in [5, 5.41) is 13.8. The molecule has 3 aromatic rings. The molecule has 1 aliphatic heterocycles. The number of benzene rings is 3. The van der Waals surface area contributed by atoms with Gasteiger partial charge in [0, 0.05) is 43.1 Å². The fourth-order valence-corrected chi connectivity index (χ4v) is 4.66. The molecule has 1 fully saturated rings. The first-order valence-electron chi connectivity index (χ1n) is 13.2. The highest BCUT2D eigenvalue weighted by Crippen LogP contribution is 2.31. The van der Waals surface area contributed by atoms with Crippen LogP contribution in [0.25, 0.3) is 0 Å². The highest BCUT2D eigenvalue weighted by Gasteiger charge is 2.26. The van der Waals surface area contributed by atoms with Gasteiger partial charge in [0.25, 0.3) is 0 Å². The van der Waals surface area contributed by atoms with Gasteiger partial charge in [-0.15, -0.1) is 0 Å². The molecular weight excluding hydrogens is 524 g/mol. The number of amides is 2. The molecule has 0 radical (unpaired) electrons. The minimum absolute atomic E-state index is 0.0848. The van der Waals surface area contributed by atoms with Gasteiger partial charge in [0.15, 0.2) is 11.5 Å². The monoisotopic (exact) mass is 560 g/mol. The molecule has 2 amide bonds. The second-order valence-electron chi connectivity index (χ2n) is 9.47. The number of hydrogen-bond acceptors (Lipinski definition) is 8. The van der Waals surface area contributed by atoms with Crippen LogP contribution in [0.5, 0.6) is 17.2 Å². The molecule has 5 N–H and O–H groups in total. The zero-order chi connectivity index (χ0) is 29.4. The SMILES string of the molecule is COc1ccc(N2CCN(C(=O)CNC(=O)C(Nc3cccc(C(=N)N)c3)c3ccc(OC)c(OC)c3)CC2)cc1. The summed E-state index contributed by atoms with van der Waals surface area (Å²) in [5.74, 6) is 1.16. The molecule has 4 rings (SSSR count). The van der Waals surface area contributed by atoms with E-state index in [0.717, 1.165) is 11.4 Å². The van der Waals surface area contributed by atoms with E-state index in [-0.39, 0.29) is 18.3 Å². The van der Waals surface area contributed by atoms with Crippen LogP contribution in [0.1, 0.15) is 17.2 Å². The van der Waals surface area contributed by atoms with Crippen molar-refractivity contribution in [1.29, 1.82) is 5.41 Å². The molecule has 41 heavy (non-hydrogen) atoms. The smallest absolute Gasteiger partial charge is 0.247 e. The van der Waals surface area contributed by atoms with Crippen molar-refractivity contribution in [3.8, 4) is 17.2 Å². The van der Waals surface area contributed by atoms with Crippen LogP contribution in [0.2, 0.25) is 0 Å². The summed E-state index contributed by atoms with van der Waals surface area (Å²) < 4.78 is 16.0. The van der Waals surface area contributed by atoms with E-state index >= 15 is 0 Å². The van der Waals surface area contributed by atoms with E-state index in [9.17, 15) is 9.59 Å². The summed E-state index contributed by atoms with van der Waals surface area (Å²) >= 11 is 0. The van der Waals surface area contributed by atoms with E-state index in [2.05, 4.69) is 15.5 Å². The molecule has 0 aliphatic carbocycles. The van der Waals surface area contributed by atoms with Gasteiger partial charge in [-0.05, 0) is 54.1 Å². The number of nitrogen functional groups attached to an aromatic ring is 1. The predicted octanol–water partition coefficient (Wildman–Crippen LogP) is 2.61. The highest BCUT2D eigenvalue weighted by atomic mass is 16.5. The molecule has 1 saturated heterocycles. The van der Waals surface area contributed by atoms with Gasteiger partial charge in [-0.1, -0.05) is 18.2 Å². The molecule has 1 heterocycles. The third-order valence-corrected chi connectivity index (χ3v) is 6.97. The molecule has 11 nitrogen and oxygen atoms in total. The van der Waals surface area contributed by atoms with Crippen LogP contribution in [-0.2, 0) is 9.59 Å². The summed E-state index contributed by atoms with van der Waals surface area (Å²) in [5.41, 5.74) is 8.44. The largest absolute Gasteiger partial charge is 0.497 e. The van der Waals surface area contributed by atoms with Crippen molar-refractivity contribution in [2.45, 2.75) is 6.04 Å². The van der Waals surface area contributed by atoms with E-state index in [1.54, 1.807) is 54.5 Å². The minimum Gasteiger partial charge on any atom is -0.497 e. The standard InChI is InChI=1S/C30H36N6O5/c1-39-24-10-8-23(9-11-24)35-13-15-36(16-14-35)27(37)19-33-30(38)28(20-7-12-25(40-2)26(18-20)41-3)34-22-6-4-5-21(17-22)29(31)32/h4-12,17-18,28,34H,13-16,19H2,1-3H3,(H3,31,32)(H,33,38). The van der Waals surface area contributed by atoms with Crippen molar-refractivity contribution in [3.63, 3.8) is 0 Å². The van der Waals surface area contributed by atoms with Crippen molar-refractivity contribution in [2.24, 2.45) is 5.73 Å². The number of anilines is 2. The molecule has 0 saturated carbocycles. The topological polar surface area (TPSA) is 142 Å². The predicted molar refractivity (Wildman–Crippen MR) is 158 cm³/mol. The van der Waals surface area contributed by atoms with Crippen molar-refractivity contribution >= 4 is 29.0 Å². The normalized spacial score (nSPS) is 13.6. The lowest BCUT2D eigenvalue weighted by Gasteiger charge is -2.36. The number of piperazine rings is 1. The maximum absolute atomic E-state index is 13.5. The highest BCUT2D eigenvalue weighted by molar-refractivity contribution is 5.96. The van der Waals surface area contributed by atoms with E-state index in [1.165, 1.54) is 14.2 Å². The van der Waals surface area contributed by atoms with E-state index in [4.69, 9.17) is 25.4 Å². The van der Waals surface area contributed by atoms with Crippen LogP contribution in [-0.4, -0.2) is 76.6 Å². The van der Waals surface area contributed by atoms with Crippen LogP contribution in [0.15, 0.2) is 66.7 Å². The van der Waals surface area contributed by atoms with Crippen molar-refractivity contribution in [2.75, 3.05) is 64.3 Å². The molecule has 3 aromatic carbocycles. The first kappa shape index (κ1) is 29.1. The summed E-state index contributed by atoms with van der Waals surface area (Å²) in [6.45, 7) is 2.34. The first-order valence-corrected chi connectivity index (χ1v) is 13.2. The average molecular weight is 561 g/mol. The maximum atomic E-state index is 13.5. The number of amidine groups is 1. The second kappa shape index (κ2) is 13.4. The summed E-state index contributed by atoms with van der Waals surface area (Å²) in [6.07, 6.45) is 0. The Bertz CT molecular complexity index is 1370. The van der Waals surface area contributed by atoms with E-state index in [1.807, 2.05) is 24.3 Å². The maximum Gasteiger partial charge on any atom is 0.247 e. The van der Waals surface area contributed by atoms with E-state index in [0.29, 0.717) is 54.5 Å². The zero-order valence-electron chi connectivity index (χ0n) is 23.5. The number of carbonyl (C=O) groups is 2. The number of carbonyl (C=O) groups excluding carboxylic acids is 2. The van der Waals surface area contributed by atoms with Crippen LogP contribution < -0.4 is 35.5 Å². The molecule has 1 unspecified atom stereocenters. The summed E-state index contributed by atoms with van der Waals surface area (Å²) in [7, 11) is 4.69. The Hall–Kier alpha value is -4.93. The molecule has 1 atom stereocenters. The number of methoxy groups -OCH3 is 3. The van der Waals surface area contributed by atoms with Crippen LogP contribution in [0, 0.1) is 5.41 Å².